The number of benzene rings is 16. The molecule has 16 aromatic carbocycles. The summed E-state index contributed by atoms with van der Waals surface area (Å²) in [4.78, 5) is 27.1. The van der Waals surface area contributed by atoms with Gasteiger partial charge in [-0.1, -0.05) is 297 Å². The average Bonchev–Trinajstić information content (AvgIpc) is 0.920. The van der Waals surface area contributed by atoms with Gasteiger partial charge in [-0.3, -0.25) is 0 Å². The summed E-state index contributed by atoms with van der Waals surface area (Å²) >= 11 is 0. The SMILES string of the molecule is [Li+].[O-]c1cccc2ccc3ccc[nH+]c3c12.c1ccc(-c2nc(-c3ccccc3)nc(-c3c4ccccc4c(-c4ccc(-n5c6ccccc6c6ccccc65)cc4)c4ccccc34)n2)cc1.c1ccc2c(c1)oc1c(-c3ccc(-c4c5ccccc5c(-c5cncnc5)c5ccccc45)cc3)cccc12. The zero-order chi connectivity index (χ0) is 69.7. The van der Waals surface area contributed by atoms with Crippen LogP contribution in [0.1, 0.15) is 0 Å². The molecule has 0 unspecified atom stereocenters. The van der Waals surface area contributed by atoms with Crippen molar-refractivity contribution in [3.63, 3.8) is 0 Å². The molecule has 1 N–H and O–H groups in total. The van der Waals surface area contributed by atoms with E-state index in [9.17, 15) is 5.11 Å². The Balaban J connectivity index is 0.000000127. The molecule has 10 heteroatoms. The first-order chi connectivity index (χ1) is 52.0. The molecule has 21 rings (SSSR count). The van der Waals surface area contributed by atoms with Crippen LogP contribution in [0.4, 0.5) is 0 Å². The number of pyridine rings is 1. The van der Waals surface area contributed by atoms with Gasteiger partial charge in [-0.25, -0.2) is 29.9 Å². The number of hydrogen-bond acceptors (Lipinski definition) is 7. The maximum Gasteiger partial charge on any atom is 1.00 e. The van der Waals surface area contributed by atoms with E-state index in [4.69, 9.17) is 19.4 Å². The van der Waals surface area contributed by atoms with Crippen LogP contribution in [-0.4, -0.2) is 29.5 Å². The van der Waals surface area contributed by atoms with Crippen LogP contribution in [-0.2, 0) is 0 Å². The van der Waals surface area contributed by atoms with E-state index < -0.39 is 0 Å². The fraction of sp³-hybridized carbons (Fsp3) is 0. The van der Waals surface area contributed by atoms with E-state index in [0.717, 1.165) is 110 Å². The Labute approximate surface area is 621 Å². The molecule has 492 valence electrons. The minimum atomic E-state index is 0. The Bertz CT molecular complexity index is 6680. The molecule has 5 heterocycles. The third-order valence-electron chi connectivity index (χ3n) is 20.2. The van der Waals surface area contributed by atoms with Crippen molar-refractivity contribution in [2.75, 3.05) is 0 Å². The molecular weight excluding hydrogens is 1290 g/mol. The number of para-hydroxylation sites is 4. The summed E-state index contributed by atoms with van der Waals surface area (Å²) in [6, 6.07) is 118. The zero-order valence-corrected chi connectivity index (χ0v) is 57.6. The molecule has 0 amide bonds. The molecule has 0 saturated heterocycles. The van der Waals surface area contributed by atoms with Crippen LogP contribution in [0, 0.1) is 0 Å². The molecule has 21 aromatic rings. The Morgan fingerprint density at radius 1 is 0.302 bits per heavy atom. The number of furan rings is 1. The zero-order valence-electron chi connectivity index (χ0n) is 57.6. The van der Waals surface area contributed by atoms with Gasteiger partial charge in [0.05, 0.1) is 11.0 Å². The number of aromatic amines is 1. The van der Waals surface area contributed by atoms with Crippen molar-refractivity contribution in [3.8, 4) is 90.1 Å². The molecule has 0 radical (unpaired) electrons. The minimum Gasteiger partial charge on any atom is -0.872 e. The molecule has 0 saturated carbocycles. The standard InChI is InChI=1S/C47H30N4.C36H22N2O.C13H9NO.Li/c1-3-15-32(16-4-1)45-48-46(33-17-5-2-6-18-33)50-47(49-45)44-39-23-9-7-21-37(39)43(38-22-8-10-24-40(38)44)31-27-29-34(30-28-31)51-41-25-13-11-19-35(41)36-20-12-14-26-42(36)51;1-3-11-30-28(9-1)34(29-10-2-4-12-31(29)35(30)25-20-37-22-38-21-25)24-18-16-23(17-19-24)26-13-7-14-32-27-8-5-6-15-33(27)39-36(26)32;15-11-5-1-3-9-6-7-10-4-2-8-14-13(10)12(9)11;/h1-30H;1-22H;1-8,15H;/q;;;+1. The van der Waals surface area contributed by atoms with E-state index in [-0.39, 0.29) is 24.6 Å². The van der Waals surface area contributed by atoms with E-state index in [0.29, 0.717) is 17.5 Å². The summed E-state index contributed by atoms with van der Waals surface area (Å²) in [5, 5.41) is 28.7. The third-order valence-corrected chi connectivity index (χ3v) is 20.2. The van der Waals surface area contributed by atoms with E-state index in [2.05, 4.69) is 268 Å². The van der Waals surface area contributed by atoms with Crippen LogP contribution < -0.4 is 29.0 Å². The molecule has 106 heavy (non-hydrogen) atoms. The fourth-order valence-electron chi connectivity index (χ4n) is 15.5. The first-order valence-corrected chi connectivity index (χ1v) is 35.1. The summed E-state index contributed by atoms with van der Waals surface area (Å²) < 4.78 is 8.68. The predicted octanol–water partition coefficient (Wildman–Crippen LogP) is 20.5. The first-order valence-electron chi connectivity index (χ1n) is 35.1. The second-order valence-corrected chi connectivity index (χ2v) is 26.2. The largest absolute Gasteiger partial charge is 1.00 e. The van der Waals surface area contributed by atoms with Crippen LogP contribution in [0.3, 0.4) is 0 Å². The van der Waals surface area contributed by atoms with E-state index in [1.54, 1.807) is 18.5 Å². The Kier molecular flexibility index (Phi) is 16.8. The molecule has 0 spiro atoms. The van der Waals surface area contributed by atoms with Crippen LogP contribution in [0.5, 0.6) is 5.75 Å². The number of nitrogens with zero attached hydrogens (tertiary/aromatic N) is 6. The normalized spacial score (nSPS) is 11.4. The third kappa shape index (κ3) is 11.4. The van der Waals surface area contributed by atoms with Gasteiger partial charge in [-0.15, -0.1) is 0 Å². The van der Waals surface area contributed by atoms with Crippen molar-refractivity contribution in [3.05, 3.63) is 365 Å². The first kappa shape index (κ1) is 64.4. The maximum atomic E-state index is 11.8. The summed E-state index contributed by atoms with van der Waals surface area (Å²) in [6.45, 7) is 0. The number of H-pyrrole nitrogens is 1. The van der Waals surface area contributed by atoms with Gasteiger partial charge < -0.3 is 14.1 Å². The Morgan fingerprint density at radius 2 is 0.717 bits per heavy atom. The Hall–Kier alpha value is -13.7. The van der Waals surface area contributed by atoms with Crippen LogP contribution in [0.15, 0.2) is 369 Å². The summed E-state index contributed by atoms with van der Waals surface area (Å²) in [5.74, 6) is 2.03. The van der Waals surface area contributed by atoms with Gasteiger partial charge in [0.15, 0.2) is 23.7 Å². The molecule has 0 fully saturated rings. The van der Waals surface area contributed by atoms with Gasteiger partial charge in [-0.2, -0.15) is 0 Å². The maximum absolute atomic E-state index is 11.8. The quantitative estimate of drug-likeness (QED) is 0.0844. The van der Waals surface area contributed by atoms with Gasteiger partial charge in [0.25, 0.3) is 0 Å². The summed E-state index contributed by atoms with van der Waals surface area (Å²) in [5.41, 5.74) is 18.4. The van der Waals surface area contributed by atoms with E-state index in [1.165, 1.54) is 65.6 Å². The predicted molar refractivity (Wildman–Crippen MR) is 429 cm³/mol. The molecule has 0 aliphatic carbocycles. The number of hydrogen-bond donors (Lipinski definition) is 0. The van der Waals surface area contributed by atoms with Gasteiger partial charge in [0.2, 0.25) is 5.52 Å². The molecule has 0 bridgehead atoms. The van der Waals surface area contributed by atoms with Gasteiger partial charge >= 0.3 is 18.9 Å². The molecule has 0 atom stereocenters. The number of rotatable bonds is 8. The van der Waals surface area contributed by atoms with E-state index >= 15 is 0 Å². The minimum absolute atomic E-state index is 0. The van der Waals surface area contributed by atoms with Crippen molar-refractivity contribution in [1.82, 2.24) is 29.5 Å². The second-order valence-electron chi connectivity index (χ2n) is 26.2. The molecule has 0 aliphatic heterocycles. The second kappa shape index (κ2) is 27.6. The fourth-order valence-corrected chi connectivity index (χ4v) is 15.5. The van der Waals surface area contributed by atoms with Crippen molar-refractivity contribution >= 4 is 109 Å². The van der Waals surface area contributed by atoms with Crippen molar-refractivity contribution < 1.29 is 33.4 Å². The number of nitrogens with one attached hydrogen (secondary N) is 1. The van der Waals surface area contributed by atoms with Crippen molar-refractivity contribution in [2.24, 2.45) is 0 Å². The average molecular weight is 1350 g/mol. The smallest absolute Gasteiger partial charge is 0.872 e. The van der Waals surface area contributed by atoms with Crippen molar-refractivity contribution in [1.29, 1.82) is 0 Å². The topological polar surface area (TPSA) is 120 Å². The van der Waals surface area contributed by atoms with Crippen LogP contribution >= 0.6 is 0 Å². The Morgan fingerprint density at radius 3 is 1.26 bits per heavy atom. The number of fused-ring (bicyclic) bond motifs is 13. The van der Waals surface area contributed by atoms with Crippen molar-refractivity contribution in [2.45, 2.75) is 0 Å². The van der Waals surface area contributed by atoms with Crippen LogP contribution in [0.2, 0.25) is 0 Å². The molecular formula is C96H61LiN7O2+. The molecule has 0 aliphatic rings. The monoisotopic (exact) mass is 1350 g/mol. The van der Waals surface area contributed by atoms with Gasteiger partial charge in [-0.05, 0) is 119 Å². The van der Waals surface area contributed by atoms with Crippen LogP contribution in [0.25, 0.3) is 193 Å². The molecule has 5 aromatic heterocycles. The number of aromatic nitrogens is 7. The summed E-state index contributed by atoms with van der Waals surface area (Å²) in [7, 11) is 0. The molecule has 9 nitrogen and oxygen atoms in total. The van der Waals surface area contributed by atoms with Gasteiger partial charge in [0, 0.05) is 89.8 Å². The van der Waals surface area contributed by atoms with E-state index in [1.807, 2.05) is 97.5 Å². The summed E-state index contributed by atoms with van der Waals surface area (Å²) in [6.07, 6.45) is 7.21. The van der Waals surface area contributed by atoms with Gasteiger partial charge in [0.1, 0.15) is 17.5 Å².